The van der Waals surface area contributed by atoms with Gasteiger partial charge in [-0.05, 0) is 36.0 Å². The Morgan fingerprint density at radius 1 is 1.41 bits per heavy atom. The molecule has 1 N–H and O–H groups in total. The monoisotopic (exact) mass is 254 g/mol. The summed E-state index contributed by atoms with van der Waals surface area (Å²) >= 11 is 6.22. The normalized spacial score (nSPS) is 14.4. The lowest BCUT2D eigenvalue weighted by Crippen LogP contribution is -2.12. The lowest BCUT2D eigenvalue weighted by Gasteiger charge is -2.13. The van der Waals surface area contributed by atoms with Gasteiger partial charge in [-0.15, -0.1) is 0 Å². The number of aliphatic carboxylic acids is 1. The molecule has 0 heterocycles. The molecule has 0 aromatic heterocycles. The highest BCUT2D eigenvalue weighted by Gasteiger charge is 2.13. The molecule has 2 unspecified atom stereocenters. The molecule has 0 radical (unpaired) electrons. The number of hydrogen-bond acceptors (Lipinski definition) is 1. The molecule has 17 heavy (non-hydrogen) atoms. The third-order valence-corrected chi connectivity index (χ3v) is 3.50. The van der Waals surface area contributed by atoms with Crippen LogP contribution in [-0.2, 0) is 11.2 Å². The highest BCUT2D eigenvalue weighted by atomic mass is 35.5. The molecule has 0 saturated carbocycles. The largest absolute Gasteiger partial charge is 0.481 e. The Morgan fingerprint density at radius 3 is 2.53 bits per heavy atom. The van der Waals surface area contributed by atoms with Gasteiger partial charge in [-0.1, -0.05) is 44.5 Å². The number of benzene rings is 1. The van der Waals surface area contributed by atoms with Gasteiger partial charge in [0.1, 0.15) is 0 Å². The lowest BCUT2D eigenvalue weighted by atomic mass is 9.95. The van der Waals surface area contributed by atoms with Crippen molar-refractivity contribution >= 4 is 17.6 Å². The van der Waals surface area contributed by atoms with Crippen LogP contribution in [0.2, 0.25) is 5.02 Å². The van der Waals surface area contributed by atoms with Gasteiger partial charge >= 0.3 is 5.97 Å². The summed E-state index contributed by atoms with van der Waals surface area (Å²) in [6, 6.07) is 5.88. The minimum Gasteiger partial charge on any atom is -0.481 e. The highest BCUT2D eigenvalue weighted by molar-refractivity contribution is 6.31. The molecular formula is C14H19ClO2. The minimum atomic E-state index is -0.771. The quantitative estimate of drug-likeness (QED) is 0.858. The van der Waals surface area contributed by atoms with Crippen molar-refractivity contribution in [1.29, 1.82) is 0 Å². The van der Waals surface area contributed by atoms with Crippen molar-refractivity contribution in [3.05, 3.63) is 34.3 Å². The fourth-order valence-electron chi connectivity index (χ4n) is 1.76. The lowest BCUT2D eigenvalue weighted by molar-refractivity contribution is -0.141. The maximum absolute atomic E-state index is 10.8. The zero-order valence-corrected chi connectivity index (χ0v) is 11.3. The Morgan fingerprint density at radius 2 is 2.06 bits per heavy atom. The Labute approximate surface area is 108 Å². The van der Waals surface area contributed by atoms with Crippen molar-refractivity contribution in [2.75, 3.05) is 0 Å². The molecule has 3 heteroatoms. The van der Waals surface area contributed by atoms with Gasteiger partial charge in [-0.25, -0.2) is 0 Å². The number of carboxylic acid groups (broad SMARTS) is 1. The molecule has 0 amide bonds. The number of rotatable bonds is 5. The molecule has 0 fully saturated rings. The van der Waals surface area contributed by atoms with Gasteiger partial charge in [0.25, 0.3) is 0 Å². The molecule has 2 atom stereocenters. The smallest absolute Gasteiger partial charge is 0.306 e. The van der Waals surface area contributed by atoms with Gasteiger partial charge in [0.15, 0.2) is 0 Å². The van der Waals surface area contributed by atoms with E-state index in [1.165, 1.54) is 0 Å². The third-order valence-electron chi connectivity index (χ3n) is 3.17. The van der Waals surface area contributed by atoms with Crippen LogP contribution in [0.25, 0.3) is 0 Å². The molecule has 0 saturated heterocycles. The molecule has 0 aliphatic rings. The molecule has 2 nitrogen and oxygen atoms in total. The molecule has 1 rings (SSSR count). The number of carbonyl (C=O) groups is 1. The Kier molecular flexibility index (Phi) is 5.01. The maximum Gasteiger partial charge on any atom is 0.306 e. The van der Waals surface area contributed by atoms with E-state index in [0.717, 1.165) is 22.6 Å². The first-order valence-corrected chi connectivity index (χ1v) is 6.34. The van der Waals surface area contributed by atoms with Gasteiger partial charge < -0.3 is 5.11 Å². The predicted molar refractivity (Wildman–Crippen MR) is 70.7 cm³/mol. The molecule has 0 spiro atoms. The number of hydrogen-bond donors (Lipinski definition) is 1. The van der Waals surface area contributed by atoms with E-state index in [-0.39, 0.29) is 5.92 Å². The first kappa shape index (κ1) is 14.0. The van der Waals surface area contributed by atoms with Crippen LogP contribution in [0.5, 0.6) is 0 Å². The van der Waals surface area contributed by atoms with E-state index in [4.69, 9.17) is 16.7 Å². The average Bonchev–Trinajstić information content (AvgIpc) is 2.28. The summed E-state index contributed by atoms with van der Waals surface area (Å²) in [6.45, 7) is 5.97. The van der Waals surface area contributed by atoms with Crippen LogP contribution >= 0.6 is 11.6 Å². The van der Waals surface area contributed by atoms with Crippen molar-refractivity contribution in [3.8, 4) is 0 Å². The van der Waals surface area contributed by atoms with E-state index in [2.05, 4.69) is 13.8 Å². The SMILES string of the molecule is CCC(C)c1ccc(CC(C)C(=O)O)cc1Cl. The fraction of sp³-hybridized carbons (Fsp3) is 0.500. The van der Waals surface area contributed by atoms with Gasteiger partial charge in [0.05, 0.1) is 5.92 Å². The van der Waals surface area contributed by atoms with E-state index in [0.29, 0.717) is 12.3 Å². The van der Waals surface area contributed by atoms with Crippen molar-refractivity contribution in [2.24, 2.45) is 5.92 Å². The van der Waals surface area contributed by atoms with Crippen molar-refractivity contribution in [1.82, 2.24) is 0 Å². The van der Waals surface area contributed by atoms with E-state index in [1.807, 2.05) is 18.2 Å². The molecular weight excluding hydrogens is 236 g/mol. The third kappa shape index (κ3) is 3.74. The van der Waals surface area contributed by atoms with E-state index < -0.39 is 5.97 Å². The molecule has 0 aliphatic heterocycles. The van der Waals surface area contributed by atoms with Crippen molar-refractivity contribution in [3.63, 3.8) is 0 Å². The second-order valence-corrected chi connectivity index (χ2v) is 5.02. The standard InChI is InChI=1S/C14H19ClO2/c1-4-9(2)12-6-5-11(8-13(12)15)7-10(3)14(16)17/h5-6,8-10H,4,7H2,1-3H3,(H,16,17). The average molecular weight is 255 g/mol. The van der Waals surface area contributed by atoms with E-state index in [9.17, 15) is 4.79 Å². The summed E-state index contributed by atoms with van der Waals surface area (Å²) in [6.07, 6.45) is 1.57. The Balaban J connectivity index is 2.85. The van der Waals surface area contributed by atoms with E-state index >= 15 is 0 Å². The topological polar surface area (TPSA) is 37.3 Å². The number of halogens is 1. The molecule has 94 valence electrons. The first-order chi connectivity index (χ1) is 7.95. The first-order valence-electron chi connectivity index (χ1n) is 5.96. The Hall–Kier alpha value is -1.02. The summed E-state index contributed by atoms with van der Waals surface area (Å²) in [4.78, 5) is 10.8. The summed E-state index contributed by atoms with van der Waals surface area (Å²) in [5.41, 5.74) is 2.12. The molecule has 1 aromatic carbocycles. The summed E-state index contributed by atoms with van der Waals surface area (Å²) in [5, 5.41) is 9.61. The van der Waals surface area contributed by atoms with Gasteiger partial charge in [-0.2, -0.15) is 0 Å². The van der Waals surface area contributed by atoms with Crippen molar-refractivity contribution in [2.45, 2.75) is 39.5 Å². The van der Waals surface area contributed by atoms with Crippen molar-refractivity contribution < 1.29 is 9.90 Å². The second-order valence-electron chi connectivity index (χ2n) is 4.61. The summed E-state index contributed by atoms with van der Waals surface area (Å²) in [5.74, 6) is -0.707. The second kappa shape index (κ2) is 6.06. The highest BCUT2D eigenvalue weighted by Crippen LogP contribution is 2.28. The zero-order valence-electron chi connectivity index (χ0n) is 10.5. The molecule has 0 aliphatic carbocycles. The minimum absolute atomic E-state index is 0.375. The fourth-order valence-corrected chi connectivity index (χ4v) is 2.15. The van der Waals surface area contributed by atoms with Gasteiger partial charge in [0.2, 0.25) is 0 Å². The molecule has 1 aromatic rings. The summed E-state index contributed by atoms with van der Waals surface area (Å²) in [7, 11) is 0. The van der Waals surface area contributed by atoms with Crippen LogP contribution in [0.1, 0.15) is 44.2 Å². The van der Waals surface area contributed by atoms with Crippen LogP contribution in [0.3, 0.4) is 0 Å². The van der Waals surface area contributed by atoms with Crippen LogP contribution < -0.4 is 0 Å². The van der Waals surface area contributed by atoms with Gasteiger partial charge in [-0.3, -0.25) is 4.79 Å². The van der Waals surface area contributed by atoms with Crippen LogP contribution in [0.4, 0.5) is 0 Å². The van der Waals surface area contributed by atoms with E-state index in [1.54, 1.807) is 6.92 Å². The number of carboxylic acids is 1. The van der Waals surface area contributed by atoms with Crippen LogP contribution in [-0.4, -0.2) is 11.1 Å². The van der Waals surface area contributed by atoms with Crippen LogP contribution in [0.15, 0.2) is 18.2 Å². The zero-order chi connectivity index (χ0) is 13.0. The maximum atomic E-state index is 10.8. The Bertz CT molecular complexity index is 401. The van der Waals surface area contributed by atoms with Gasteiger partial charge in [0, 0.05) is 5.02 Å². The molecule has 0 bridgehead atoms. The predicted octanol–water partition coefficient (Wildman–Crippen LogP) is 4.12. The summed E-state index contributed by atoms with van der Waals surface area (Å²) < 4.78 is 0. The van der Waals surface area contributed by atoms with Crippen LogP contribution in [0, 0.1) is 5.92 Å².